The molecule has 1 fully saturated rings. The first kappa shape index (κ1) is 25.3. The van der Waals surface area contributed by atoms with E-state index in [9.17, 15) is 22.0 Å². The molecule has 0 bridgehead atoms. The van der Waals surface area contributed by atoms with Gasteiger partial charge in [0.1, 0.15) is 17.3 Å². The van der Waals surface area contributed by atoms with E-state index in [1.807, 2.05) is 13.8 Å². The van der Waals surface area contributed by atoms with E-state index in [-0.39, 0.29) is 41.4 Å². The molecule has 5 nitrogen and oxygen atoms in total. The Hall–Kier alpha value is -2.32. The van der Waals surface area contributed by atoms with Crippen LogP contribution in [0.15, 0.2) is 36.4 Å². The van der Waals surface area contributed by atoms with E-state index >= 15 is 0 Å². The summed E-state index contributed by atoms with van der Waals surface area (Å²) in [5.41, 5.74) is 1.08. The van der Waals surface area contributed by atoms with Gasteiger partial charge in [-0.05, 0) is 57.9 Å². The molecule has 1 aliphatic heterocycles. The van der Waals surface area contributed by atoms with Crippen LogP contribution in [0.1, 0.15) is 56.1 Å². The molecule has 2 atom stereocenters. The zero-order valence-electron chi connectivity index (χ0n) is 19.7. The first-order valence-electron chi connectivity index (χ1n) is 11.0. The first-order chi connectivity index (χ1) is 15.3. The number of anilines is 1. The summed E-state index contributed by atoms with van der Waals surface area (Å²) in [6, 6.07) is 8.70. The number of ether oxygens (including phenoxy) is 1. The maximum atomic E-state index is 14.8. The van der Waals surface area contributed by atoms with Gasteiger partial charge in [0.25, 0.3) is 0 Å². The number of ketones is 1. The molecule has 2 aromatic carbocycles. The number of nitrogens with zero attached hydrogens (tertiary/aromatic N) is 1. The minimum Gasteiger partial charge on any atom is -0.372 e. The van der Waals surface area contributed by atoms with Crippen LogP contribution < -0.4 is 4.90 Å². The second-order valence-electron chi connectivity index (χ2n) is 9.74. The fourth-order valence-corrected chi connectivity index (χ4v) is 4.96. The summed E-state index contributed by atoms with van der Waals surface area (Å²) in [7, 11) is -3.34. The Morgan fingerprint density at radius 2 is 1.52 bits per heavy atom. The summed E-state index contributed by atoms with van der Waals surface area (Å²) in [6.45, 7) is 9.41. The smallest absolute Gasteiger partial charge is 0.167 e. The van der Waals surface area contributed by atoms with E-state index in [0.717, 1.165) is 0 Å². The minimum absolute atomic E-state index is 0.0994. The minimum atomic E-state index is -3.34. The van der Waals surface area contributed by atoms with E-state index in [1.54, 1.807) is 49.9 Å². The highest BCUT2D eigenvalue weighted by Crippen LogP contribution is 2.28. The molecule has 0 aliphatic carbocycles. The Morgan fingerprint density at radius 1 is 1.00 bits per heavy atom. The van der Waals surface area contributed by atoms with Gasteiger partial charge < -0.3 is 9.64 Å². The number of halogens is 2. The molecule has 8 heteroatoms. The van der Waals surface area contributed by atoms with E-state index in [4.69, 9.17) is 4.74 Å². The molecular weight excluding hydrogens is 448 g/mol. The molecule has 0 radical (unpaired) electrons. The maximum absolute atomic E-state index is 14.8. The van der Waals surface area contributed by atoms with Gasteiger partial charge in [-0.15, -0.1) is 0 Å². The van der Waals surface area contributed by atoms with Gasteiger partial charge in [-0.1, -0.05) is 24.3 Å². The van der Waals surface area contributed by atoms with Crippen molar-refractivity contribution in [3.63, 3.8) is 0 Å². The van der Waals surface area contributed by atoms with Crippen molar-refractivity contribution >= 4 is 21.3 Å². The average molecular weight is 480 g/mol. The van der Waals surface area contributed by atoms with Crippen LogP contribution in [0.2, 0.25) is 0 Å². The van der Waals surface area contributed by atoms with Crippen molar-refractivity contribution in [2.24, 2.45) is 0 Å². The summed E-state index contributed by atoms with van der Waals surface area (Å²) in [5.74, 6) is -1.84. The summed E-state index contributed by atoms with van der Waals surface area (Å²) < 4.78 is 59.1. The number of sulfone groups is 1. The van der Waals surface area contributed by atoms with E-state index in [0.29, 0.717) is 24.2 Å². The lowest BCUT2D eigenvalue weighted by atomic mass is 10.0. The Kier molecular flexibility index (Phi) is 7.29. The molecule has 1 aliphatic rings. The number of hydrogen-bond donors (Lipinski definition) is 0. The highest BCUT2D eigenvalue weighted by Gasteiger charge is 2.29. The number of hydrogen-bond acceptors (Lipinski definition) is 5. The quantitative estimate of drug-likeness (QED) is 0.561. The summed E-state index contributed by atoms with van der Waals surface area (Å²) in [6.07, 6.45) is -0.450. The Balaban J connectivity index is 1.73. The third-order valence-electron chi connectivity index (χ3n) is 5.74. The van der Waals surface area contributed by atoms with Crippen LogP contribution in [0.3, 0.4) is 0 Å². The highest BCUT2D eigenvalue weighted by atomic mass is 32.2. The monoisotopic (exact) mass is 479 g/mol. The van der Waals surface area contributed by atoms with Gasteiger partial charge >= 0.3 is 0 Å². The number of morpholine rings is 1. The largest absolute Gasteiger partial charge is 0.372 e. The van der Waals surface area contributed by atoms with Crippen LogP contribution in [0.5, 0.6) is 0 Å². The molecule has 2 aromatic rings. The third-order valence-corrected chi connectivity index (χ3v) is 8.32. The van der Waals surface area contributed by atoms with Gasteiger partial charge in [-0.25, -0.2) is 17.2 Å². The summed E-state index contributed by atoms with van der Waals surface area (Å²) in [4.78, 5) is 14.3. The molecular formula is C25H31F2NO4S. The molecule has 1 saturated heterocycles. The lowest BCUT2D eigenvalue weighted by molar-refractivity contribution is -0.00558. The predicted molar refractivity (Wildman–Crippen MR) is 125 cm³/mol. The fraction of sp³-hybridized carbons (Fsp3) is 0.480. The summed E-state index contributed by atoms with van der Waals surface area (Å²) in [5, 5.41) is 0. The highest BCUT2D eigenvalue weighted by molar-refractivity contribution is 7.91. The number of carbonyl (C=O) groups excluding carboxylic acids is 1. The predicted octanol–water partition coefficient (Wildman–Crippen LogP) is 4.72. The van der Waals surface area contributed by atoms with Crippen LogP contribution in [0.25, 0.3) is 0 Å². The third kappa shape index (κ3) is 5.98. The standard InChI is InChI=1S/C25H31F2NO4S/c1-16-13-28(14-17(2)32-16)24-21(26)10-19(11-22(24)27)12-23(29)20-8-6-18(7-9-20)15-33(30,31)25(3,4)5/h6-11,16-17H,12-15H2,1-5H3/t16-,17+. The zero-order valence-corrected chi connectivity index (χ0v) is 20.5. The lowest BCUT2D eigenvalue weighted by Gasteiger charge is -2.37. The van der Waals surface area contributed by atoms with Gasteiger partial charge in [0, 0.05) is 25.1 Å². The van der Waals surface area contributed by atoms with Crippen LogP contribution >= 0.6 is 0 Å². The second-order valence-corrected chi connectivity index (χ2v) is 12.5. The zero-order chi connectivity index (χ0) is 24.6. The number of Topliss-reactive ketones (excluding diaryl/α,β-unsaturated/α-hetero) is 1. The van der Waals surface area contributed by atoms with Crippen molar-refractivity contribution < 1.29 is 26.7 Å². The molecule has 0 amide bonds. The van der Waals surface area contributed by atoms with Crippen LogP contribution in [0, 0.1) is 11.6 Å². The van der Waals surface area contributed by atoms with Crippen molar-refractivity contribution in [2.45, 2.75) is 63.7 Å². The van der Waals surface area contributed by atoms with Gasteiger partial charge in [-0.3, -0.25) is 4.79 Å². The van der Waals surface area contributed by atoms with Crippen LogP contribution in [-0.2, 0) is 26.7 Å². The van der Waals surface area contributed by atoms with Crippen molar-refractivity contribution in [1.29, 1.82) is 0 Å². The maximum Gasteiger partial charge on any atom is 0.167 e. The molecule has 1 heterocycles. The SMILES string of the molecule is C[C@@H]1CN(c2c(F)cc(CC(=O)c3ccc(CS(=O)(=O)C(C)(C)C)cc3)cc2F)C[C@H](C)O1. The Bertz CT molecular complexity index is 1090. The van der Waals surface area contributed by atoms with Crippen molar-refractivity contribution in [2.75, 3.05) is 18.0 Å². The lowest BCUT2D eigenvalue weighted by Crippen LogP contribution is -2.46. The van der Waals surface area contributed by atoms with Gasteiger partial charge in [0.15, 0.2) is 15.6 Å². The van der Waals surface area contributed by atoms with Gasteiger partial charge in [-0.2, -0.15) is 0 Å². The van der Waals surface area contributed by atoms with E-state index < -0.39 is 26.2 Å². The molecule has 3 rings (SSSR count). The van der Waals surface area contributed by atoms with Crippen molar-refractivity contribution in [1.82, 2.24) is 0 Å². The molecule has 180 valence electrons. The normalized spacial score (nSPS) is 19.5. The second kappa shape index (κ2) is 9.50. The number of benzene rings is 2. The molecule has 0 saturated carbocycles. The molecule has 0 N–H and O–H groups in total. The Morgan fingerprint density at radius 3 is 2.00 bits per heavy atom. The molecule has 0 spiro atoms. The summed E-state index contributed by atoms with van der Waals surface area (Å²) >= 11 is 0. The van der Waals surface area contributed by atoms with Crippen molar-refractivity contribution in [3.8, 4) is 0 Å². The molecule has 0 unspecified atom stereocenters. The van der Waals surface area contributed by atoms with Crippen molar-refractivity contribution in [3.05, 3.63) is 64.7 Å². The fourth-order valence-electron chi connectivity index (χ4n) is 3.89. The van der Waals surface area contributed by atoms with E-state index in [1.165, 1.54) is 12.1 Å². The van der Waals surface area contributed by atoms with Gasteiger partial charge in [0.2, 0.25) is 0 Å². The van der Waals surface area contributed by atoms with Crippen LogP contribution in [0.4, 0.5) is 14.5 Å². The molecule has 0 aromatic heterocycles. The average Bonchev–Trinajstić information content (AvgIpc) is 2.66. The Labute approximate surface area is 194 Å². The van der Waals surface area contributed by atoms with E-state index in [2.05, 4.69) is 0 Å². The topological polar surface area (TPSA) is 63.7 Å². The van der Waals surface area contributed by atoms with Crippen LogP contribution in [-0.4, -0.2) is 44.2 Å². The number of rotatable bonds is 6. The molecule has 33 heavy (non-hydrogen) atoms. The first-order valence-corrected chi connectivity index (χ1v) is 12.6. The number of carbonyl (C=O) groups is 1. The van der Waals surface area contributed by atoms with Gasteiger partial charge in [0.05, 0.1) is 22.7 Å².